The number of carbonyl (C=O) groups is 1. The first kappa shape index (κ1) is 12.0. The van der Waals surface area contributed by atoms with Gasteiger partial charge in [-0.25, -0.2) is 0 Å². The average Bonchev–Trinajstić information content (AvgIpc) is 2.38. The van der Waals surface area contributed by atoms with Gasteiger partial charge in [0.15, 0.2) is 0 Å². The Bertz CT molecular complexity index is 386. The zero-order valence-corrected chi connectivity index (χ0v) is 10.2. The molecule has 2 rings (SSSR count). The third-order valence-corrected chi connectivity index (χ3v) is 3.23. The third-order valence-electron chi connectivity index (χ3n) is 3.23. The predicted octanol–water partition coefficient (Wildman–Crippen LogP) is 1.12. The van der Waals surface area contributed by atoms with Crippen molar-refractivity contribution in [1.82, 2.24) is 15.6 Å². The van der Waals surface area contributed by atoms with Crippen LogP contribution >= 0.6 is 0 Å². The fraction of sp³-hybridized carbons (Fsp3) is 0.538. The summed E-state index contributed by atoms with van der Waals surface area (Å²) in [5.41, 5.74) is 1.47. The maximum atomic E-state index is 11.9. The fourth-order valence-corrected chi connectivity index (χ4v) is 2.13. The van der Waals surface area contributed by atoms with Gasteiger partial charge in [0.05, 0.1) is 0 Å². The molecule has 17 heavy (non-hydrogen) atoms. The number of pyridine rings is 1. The van der Waals surface area contributed by atoms with E-state index in [1.165, 1.54) is 0 Å². The highest BCUT2D eigenvalue weighted by molar-refractivity contribution is 5.93. The number of amides is 1. The Balaban J connectivity index is 1.87. The highest BCUT2D eigenvalue weighted by Gasteiger charge is 2.15. The number of hydrogen-bond acceptors (Lipinski definition) is 3. The molecule has 1 aromatic rings. The summed E-state index contributed by atoms with van der Waals surface area (Å²) in [6.45, 7) is 4.79. The van der Waals surface area contributed by atoms with Crippen LogP contribution in [0.15, 0.2) is 18.3 Å². The number of nitrogens with one attached hydrogen (secondary N) is 2. The van der Waals surface area contributed by atoms with E-state index in [1.807, 2.05) is 19.1 Å². The minimum atomic E-state index is -0.0540. The fourth-order valence-electron chi connectivity index (χ4n) is 2.13. The molecule has 1 aromatic heterocycles. The van der Waals surface area contributed by atoms with E-state index in [0.29, 0.717) is 11.6 Å². The van der Waals surface area contributed by atoms with Crippen LogP contribution < -0.4 is 10.6 Å². The summed E-state index contributed by atoms with van der Waals surface area (Å²) in [6, 6.07) is 3.76. The lowest BCUT2D eigenvalue weighted by Crippen LogP contribution is -2.36. The molecule has 0 atom stereocenters. The van der Waals surface area contributed by atoms with Gasteiger partial charge in [-0.05, 0) is 50.4 Å². The van der Waals surface area contributed by atoms with Crippen LogP contribution in [0.25, 0.3) is 0 Å². The lowest BCUT2D eigenvalue weighted by Gasteiger charge is -2.22. The number of aryl methyl sites for hydroxylation is 1. The van der Waals surface area contributed by atoms with E-state index in [9.17, 15) is 4.79 Å². The molecule has 1 aliphatic rings. The first-order valence-corrected chi connectivity index (χ1v) is 6.18. The Labute approximate surface area is 102 Å². The van der Waals surface area contributed by atoms with Crippen molar-refractivity contribution in [2.75, 3.05) is 19.6 Å². The zero-order chi connectivity index (χ0) is 12.1. The Morgan fingerprint density at radius 2 is 2.29 bits per heavy atom. The Morgan fingerprint density at radius 3 is 3.00 bits per heavy atom. The largest absolute Gasteiger partial charge is 0.350 e. The van der Waals surface area contributed by atoms with Crippen LogP contribution in [0.1, 0.15) is 28.9 Å². The van der Waals surface area contributed by atoms with Gasteiger partial charge in [-0.2, -0.15) is 0 Å². The minimum Gasteiger partial charge on any atom is -0.350 e. The van der Waals surface area contributed by atoms with E-state index in [-0.39, 0.29) is 5.91 Å². The number of hydrogen-bond donors (Lipinski definition) is 2. The molecular formula is C13H19N3O. The Kier molecular flexibility index (Phi) is 4.09. The van der Waals surface area contributed by atoms with Gasteiger partial charge in [-0.3, -0.25) is 9.78 Å². The molecule has 2 heterocycles. The van der Waals surface area contributed by atoms with E-state index in [4.69, 9.17) is 0 Å². The van der Waals surface area contributed by atoms with E-state index in [2.05, 4.69) is 15.6 Å². The van der Waals surface area contributed by atoms with Crippen LogP contribution in [0.2, 0.25) is 0 Å². The predicted molar refractivity (Wildman–Crippen MR) is 66.9 cm³/mol. The SMILES string of the molecule is Cc1cccnc1C(=O)NCC1CCNCC1. The van der Waals surface area contributed by atoms with Crippen molar-refractivity contribution in [2.45, 2.75) is 19.8 Å². The zero-order valence-electron chi connectivity index (χ0n) is 10.2. The first-order valence-electron chi connectivity index (χ1n) is 6.18. The second kappa shape index (κ2) is 5.77. The lowest BCUT2D eigenvalue weighted by molar-refractivity contribution is 0.0938. The molecule has 4 heteroatoms. The molecule has 2 N–H and O–H groups in total. The molecule has 0 bridgehead atoms. The summed E-state index contributed by atoms with van der Waals surface area (Å²) >= 11 is 0. The molecular weight excluding hydrogens is 214 g/mol. The molecule has 1 amide bonds. The molecule has 1 saturated heterocycles. The van der Waals surface area contributed by atoms with Crippen LogP contribution in [-0.4, -0.2) is 30.5 Å². The van der Waals surface area contributed by atoms with E-state index < -0.39 is 0 Å². The van der Waals surface area contributed by atoms with Crippen LogP contribution in [0, 0.1) is 12.8 Å². The lowest BCUT2D eigenvalue weighted by atomic mass is 9.98. The number of carbonyl (C=O) groups excluding carboxylic acids is 1. The normalized spacial score (nSPS) is 16.8. The molecule has 0 aromatic carbocycles. The van der Waals surface area contributed by atoms with E-state index in [1.54, 1.807) is 6.20 Å². The van der Waals surface area contributed by atoms with Crippen molar-refractivity contribution in [1.29, 1.82) is 0 Å². The van der Waals surface area contributed by atoms with Gasteiger partial charge in [0.1, 0.15) is 5.69 Å². The summed E-state index contributed by atoms with van der Waals surface area (Å²) < 4.78 is 0. The maximum absolute atomic E-state index is 11.9. The van der Waals surface area contributed by atoms with Gasteiger partial charge in [-0.1, -0.05) is 6.07 Å². The van der Waals surface area contributed by atoms with Crippen LogP contribution in [0.5, 0.6) is 0 Å². The molecule has 1 fully saturated rings. The molecule has 0 radical (unpaired) electrons. The van der Waals surface area contributed by atoms with Crippen molar-refractivity contribution in [3.8, 4) is 0 Å². The molecule has 0 saturated carbocycles. The quantitative estimate of drug-likeness (QED) is 0.822. The molecule has 92 valence electrons. The van der Waals surface area contributed by atoms with Gasteiger partial charge < -0.3 is 10.6 Å². The summed E-state index contributed by atoms with van der Waals surface area (Å²) in [7, 11) is 0. The second-order valence-electron chi connectivity index (χ2n) is 4.57. The maximum Gasteiger partial charge on any atom is 0.270 e. The van der Waals surface area contributed by atoms with Crippen molar-refractivity contribution in [2.24, 2.45) is 5.92 Å². The Hall–Kier alpha value is -1.42. The number of piperidine rings is 1. The Morgan fingerprint density at radius 1 is 1.53 bits per heavy atom. The van der Waals surface area contributed by atoms with Gasteiger partial charge in [0.2, 0.25) is 0 Å². The van der Waals surface area contributed by atoms with Crippen molar-refractivity contribution in [3.63, 3.8) is 0 Å². The summed E-state index contributed by atoms with van der Waals surface area (Å²) in [5.74, 6) is 0.547. The molecule has 1 aliphatic heterocycles. The van der Waals surface area contributed by atoms with E-state index >= 15 is 0 Å². The van der Waals surface area contributed by atoms with Crippen LogP contribution in [0.3, 0.4) is 0 Å². The van der Waals surface area contributed by atoms with Gasteiger partial charge in [0.25, 0.3) is 5.91 Å². The van der Waals surface area contributed by atoms with Gasteiger partial charge in [0, 0.05) is 12.7 Å². The van der Waals surface area contributed by atoms with Gasteiger partial charge >= 0.3 is 0 Å². The van der Waals surface area contributed by atoms with Crippen molar-refractivity contribution >= 4 is 5.91 Å². The average molecular weight is 233 g/mol. The van der Waals surface area contributed by atoms with Crippen LogP contribution in [0.4, 0.5) is 0 Å². The number of nitrogens with zero attached hydrogens (tertiary/aromatic N) is 1. The van der Waals surface area contributed by atoms with Gasteiger partial charge in [-0.15, -0.1) is 0 Å². The first-order chi connectivity index (χ1) is 8.27. The minimum absolute atomic E-state index is 0.0540. The van der Waals surface area contributed by atoms with Crippen molar-refractivity contribution in [3.05, 3.63) is 29.6 Å². The summed E-state index contributed by atoms with van der Waals surface area (Å²) in [4.78, 5) is 16.0. The topological polar surface area (TPSA) is 54.0 Å². The smallest absolute Gasteiger partial charge is 0.270 e. The molecule has 0 aliphatic carbocycles. The summed E-state index contributed by atoms with van der Waals surface area (Å²) in [6.07, 6.45) is 3.94. The van der Waals surface area contributed by atoms with Crippen molar-refractivity contribution < 1.29 is 4.79 Å². The molecule has 0 unspecified atom stereocenters. The van der Waals surface area contributed by atoms with Crippen LogP contribution in [-0.2, 0) is 0 Å². The highest BCUT2D eigenvalue weighted by Crippen LogP contribution is 2.10. The summed E-state index contributed by atoms with van der Waals surface area (Å²) in [5, 5.41) is 6.30. The molecule has 0 spiro atoms. The standard InChI is InChI=1S/C13H19N3O/c1-10-3-2-6-15-12(10)13(17)16-9-11-4-7-14-8-5-11/h2-3,6,11,14H,4-5,7-9H2,1H3,(H,16,17). The number of aromatic nitrogens is 1. The third kappa shape index (κ3) is 3.27. The molecule has 4 nitrogen and oxygen atoms in total. The van der Waals surface area contributed by atoms with E-state index in [0.717, 1.165) is 38.0 Å². The monoisotopic (exact) mass is 233 g/mol. The second-order valence-corrected chi connectivity index (χ2v) is 4.57. The number of rotatable bonds is 3. The highest BCUT2D eigenvalue weighted by atomic mass is 16.1.